The van der Waals surface area contributed by atoms with Crippen molar-refractivity contribution in [1.82, 2.24) is 19.7 Å². The average molecular weight is 302 g/mol. The minimum atomic E-state index is 0.507. The van der Waals surface area contributed by atoms with Gasteiger partial charge in [-0.05, 0) is 22.6 Å². The van der Waals surface area contributed by atoms with Crippen LogP contribution < -0.4 is 11.3 Å². The number of nitrogen functional groups attached to an aromatic ring is 1. The standard InChI is InChI=1S/C7H7IN6/c8-5-1-11-14(4-5)7-3-10-2-6(12-7)13-9/h1-4H,9H2,(H,12,13). The molecule has 0 saturated heterocycles. The van der Waals surface area contributed by atoms with Gasteiger partial charge in [0.15, 0.2) is 11.6 Å². The molecule has 0 atom stereocenters. The lowest BCUT2D eigenvalue weighted by molar-refractivity contribution is 0.838. The molecule has 0 radical (unpaired) electrons. The summed E-state index contributed by atoms with van der Waals surface area (Å²) in [7, 11) is 0. The molecular weight excluding hydrogens is 295 g/mol. The molecule has 2 aromatic rings. The van der Waals surface area contributed by atoms with Crippen LogP contribution in [0.5, 0.6) is 0 Å². The summed E-state index contributed by atoms with van der Waals surface area (Å²) in [5, 5.41) is 4.10. The highest BCUT2D eigenvalue weighted by molar-refractivity contribution is 14.1. The second kappa shape index (κ2) is 3.88. The Morgan fingerprint density at radius 1 is 1.36 bits per heavy atom. The highest BCUT2D eigenvalue weighted by atomic mass is 127. The van der Waals surface area contributed by atoms with Crippen molar-refractivity contribution in [1.29, 1.82) is 0 Å². The predicted octanol–water partition coefficient (Wildman–Crippen LogP) is 0.553. The van der Waals surface area contributed by atoms with Crippen LogP contribution in [0.1, 0.15) is 0 Å². The number of nitrogens with one attached hydrogen (secondary N) is 1. The summed E-state index contributed by atoms with van der Waals surface area (Å²) in [4.78, 5) is 8.15. The van der Waals surface area contributed by atoms with Crippen molar-refractivity contribution in [2.75, 3.05) is 5.43 Å². The molecule has 0 aliphatic carbocycles. The smallest absolute Gasteiger partial charge is 0.174 e. The van der Waals surface area contributed by atoms with Crippen molar-refractivity contribution in [3.8, 4) is 5.82 Å². The number of hydrogen-bond acceptors (Lipinski definition) is 5. The zero-order chi connectivity index (χ0) is 9.97. The van der Waals surface area contributed by atoms with Crippen LogP contribution in [-0.4, -0.2) is 19.7 Å². The largest absolute Gasteiger partial charge is 0.307 e. The first-order valence-corrected chi connectivity index (χ1v) is 4.86. The Hall–Kier alpha value is -1.22. The number of nitrogens with zero attached hydrogens (tertiary/aromatic N) is 4. The summed E-state index contributed by atoms with van der Waals surface area (Å²) in [6, 6.07) is 0. The molecule has 3 N–H and O–H groups in total. The van der Waals surface area contributed by atoms with Gasteiger partial charge >= 0.3 is 0 Å². The van der Waals surface area contributed by atoms with Gasteiger partial charge in [0.2, 0.25) is 0 Å². The normalized spacial score (nSPS) is 10.1. The number of rotatable bonds is 2. The van der Waals surface area contributed by atoms with E-state index in [1.165, 1.54) is 6.20 Å². The van der Waals surface area contributed by atoms with Gasteiger partial charge in [0.1, 0.15) is 0 Å². The van der Waals surface area contributed by atoms with Crippen molar-refractivity contribution in [2.45, 2.75) is 0 Å². The Kier molecular flexibility index (Phi) is 2.59. The highest BCUT2D eigenvalue weighted by Crippen LogP contribution is 2.08. The fourth-order valence-electron chi connectivity index (χ4n) is 0.962. The average Bonchev–Trinajstić information content (AvgIpc) is 2.65. The van der Waals surface area contributed by atoms with Gasteiger partial charge in [-0.15, -0.1) is 0 Å². The van der Waals surface area contributed by atoms with Gasteiger partial charge in [0.25, 0.3) is 0 Å². The summed E-state index contributed by atoms with van der Waals surface area (Å²) in [6.45, 7) is 0. The molecule has 0 fully saturated rings. The van der Waals surface area contributed by atoms with Crippen LogP contribution in [0, 0.1) is 3.57 Å². The van der Waals surface area contributed by atoms with Crippen LogP contribution in [0.15, 0.2) is 24.8 Å². The SMILES string of the molecule is NNc1cncc(-n2cc(I)cn2)n1. The molecule has 2 rings (SSSR count). The van der Waals surface area contributed by atoms with E-state index in [0.717, 1.165) is 3.57 Å². The third-order valence-corrected chi connectivity index (χ3v) is 2.11. The molecule has 0 spiro atoms. The highest BCUT2D eigenvalue weighted by Gasteiger charge is 2.01. The van der Waals surface area contributed by atoms with Crippen molar-refractivity contribution in [3.63, 3.8) is 0 Å². The third-order valence-electron chi connectivity index (χ3n) is 1.56. The maximum absolute atomic E-state index is 5.22. The molecule has 0 saturated carbocycles. The van der Waals surface area contributed by atoms with Gasteiger partial charge < -0.3 is 5.43 Å². The lowest BCUT2D eigenvalue weighted by Crippen LogP contribution is -2.10. The molecule has 0 unspecified atom stereocenters. The van der Waals surface area contributed by atoms with E-state index >= 15 is 0 Å². The predicted molar refractivity (Wildman–Crippen MR) is 59.7 cm³/mol. The van der Waals surface area contributed by atoms with Gasteiger partial charge in [0, 0.05) is 6.20 Å². The lowest BCUT2D eigenvalue weighted by atomic mass is 10.6. The van der Waals surface area contributed by atoms with Gasteiger partial charge in [-0.3, -0.25) is 4.98 Å². The number of aromatic nitrogens is 4. The number of hydrazine groups is 1. The molecule has 7 heteroatoms. The number of nitrogens with two attached hydrogens (primary N) is 1. The molecule has 0 amide bonds. The number of hydrogen-bond donors (Lipinski definition) is 2. The van der Waals surface area contributed by atoms with E-state index in [0.29, 0.717) is 11.6 Å². The fourth-order valence-corrected chi connectivity index (χ4v) is 1.35. The van der Waals surface area contributed by atoms with Crippen LogP contribution in [0.4, 0.5) is 5.82 Å². The molecular formula is C7H7IN6. The summed E-state index contributed by atoms with van der Waals surface area (Å²) >= 11 is 2.17. The first-order chi connectivity index (χ1) is 6.79. The Morgan fingerprint density at radius 3 is 2.86 bits per heavy atom. The zero-order valence-corrected chi connectivity index (χ0v) is 9.21. The molecule has 14 heavy (non-hydrogen) atoms. The summed E-state index contributed by atoms with van der Waals surface area (Å²) in [5.41, 5.74) is 2.43. The summed E-state index contributed by atoms with van der Waals surface area (Å²) in [5.74, 6) is 6.35. The molecule has 2 aromatic heterocycles. The van der Waals surface area contributed by atoms with E-state index in [2.05, 4.69) is 43.1 Å². The first-order valence-electron chi connectivity index (χ1n) is 3.79. The van der Waals surface area contributed by atoms with E-state index in [4.69, 9.17) is 5.84 Å². The van der Waals surface area contributed by atoms with E-state index in [9.17, 15) is 0 Å². The Balaban J connectivity index is 2.41. The second-order valence-electron chi connectivity index (χ2n) is 2.51. The van der Waals surface area contributed by atoms with Crippen molar-refractivity contribution in [3.05, 3.63) is 28.4 Å². The fraction of sp³-hybridized carbons (Fsp3) is 0. The van der Waals surface area contributed by atoms with Crippen LogP contribution >= 0.6 is 22.6 Å². The van der Waals surface area contributed by atoms with Crippen LogP contribution in [0.25, 0.3) is 5.82 Å². The van der Waals surface area contributed by atoms with E-state index in [1.807, 2.05) is 6.20 Å². The zero-order valence-electron chi connectivity index (χ0n) is 7.05. The molecule has 0 aliphatic heterocycles. The molecule has 6 nitrogen and oxygen atoms in total. The topological polar surface area (TPSA) is 81.6 Å². The maximum atomic E-state index is 5.22. The molecule has 2 heterocycles. The van der Waals surface area contributed by atoms with Crippen molar-refractivity contribution in [2.24, 2.45) is 5.84 Å². The molecule has 0 bridgehead atoms. The van der Waals surface area contributed by atoms with Crippen LogP contribution in [-0.2, 0) is 0 Å². The molecule has 0 aromatic carbocycles. The van der Waals surface area contributed by atoms with Crippen molar-refractivity contribution >= 4 is 28.4 Å². The van der Waals surface area contributed by atoms with E-state index in [1.54, 1.807) is 17.1 Å². The van der Waals surface area contributed by atoms with E-state index in [-0.39, 0.29) is 0 Å². The monoisotopic (exact) mass is 302 g/mol. The Labute approximate surface area is 93.7 Å². The molecule has 0 aliphatic rings. The second-order valence-corrected chi connectivity index (χ2v) is 3.76. The maximum Gasteiger partial charge on any atom is 0.174 e. The Bertz CT molecular complexity index is 439. The Morgan fingerprint density at radius 2 is 2.21 bits per heavy atom. The van der Waals surface area contributed by atoms with Crippen LogP contribution in [0.2, 0.25) is 0 Å². The van der Waals surface area contributed by atoms with Gasteiger partial charge in [-0.25, -0.2) is 15.5 Å². The molecule has 72 valence electrons. The minimum Gasteiger partial charge on any atom is -0.307 e. The van der Waals surface area contributed by atoms with Crippen molar-refractivity contribution < 1.29 is 0 Å². The first kappa shape index (κ1) is 9.34. The van der Waals surface area contributed by atoms with Crippen LogP contribution in [0.3, 0.4) is 0 Å². The van der Waals surface area contributed by atoms with E-state index < -0.39 is 0 Å². The summed E-state index contributed by atoms with van der Waals surface area (Å²) in [6.07, 6.45) is 6.75. The minimum absolute atomic E-state index is 0.507. The summed E-state index contributed by atoms with van der Waals surface area (Å²) < 4.78 is 2.67. The van der Waals surface area contributed by atoms with Gasteiger partial charge in [-0.1, -0.05) is 0 Å². The number of anilines is 1. The quantitative estimate of drug-likeness (QED) is 0.481. The third kappa shape index (κ3) is 1.82. The number of halogens is 1. The van der Waals surface area contributed by atoms with Gasteiger partial charge in [-0.2, -0.15) is 5.10 Å². The lowest BCUT2D eigenvalue weighted by Gasteiger charge is -2.01. The van der Waals surface area contributed by atoms with Gasteiger partial charge in [0.05, 0.1) is 22.2 Å².